The Morgan fingerprint density at radius 3 is 2.74 bits per heavy atom. The van der Waals surface area contributed by atoms with Crippen molar-refractivity contribution in [1.82, 2.24) is 10.2 Å². The normalized spacial score (nSPS) is 10.6. The first-order valence-corrected chi connectivity index (χ1v) is 5.56. The van der Waals surface area contributed by atoms with E-state index in [-0.39, 0.29) is 10.8 Å². The summed E-state index contributed by atoms with van der Waals surface area (Å²) >= 11 is 5.58. The van der Waals surface area contributed by atoms with Crippen molar-refractivity contribution in [3.8, 4) is 0 Å². The Morgan fingerprint density at radius 2 is 2.05 bits per heavy atom. The van der Waals surface area contributed by atoms with Gasteiger partial charge in [0.05, 0.1) is 16.7 Å². The summed E-state index contributed by atoms with van der Waals surface area (Å²) in [4.78, 5) is 10.3. The first kappa shape index (κ1) is 12.9. The smallest absolute Gasteiger partial charge is 0.260 e. The van der Waals surface area contributed by atoms with Crippen LogP contribution < -0.4 is 5.43 Å². The van der Waals surface area contributed by atoms with Crippen LogP contribution in [0.5, 0.6) is 0 Å². The van der Waals surface area contributed by atoms with E-state index in [1.807, 2.05) is 0 Å². The second kappa shape index (κ2) is 5.87. The summed E-state index contributed by atoms with van der Waals surface area (Å²) in [5, 5.41) is 22.3. The molecule has 0 bridgehead atoms. The van der Waals surface area contributed by atoms with Crippen molar-refractivity contribution in [3.63, 3.8) is 0 Å². The van der Waals surface area contributed by atoms with Crippen LogP contribution in [-0.4, -0.2) is 21.3 Å². The largest absolute Gasteiger partial charge is 0.278 e. The molecular weight excluding hydrogens is 270 g/mol. The van der Waals surface area contributed by atoms with Crippen LogP contribution in [0.25, 0.3) is 0 Å². The number of anilines is 1. The van der Waals surface area contributed by atoms with Crippen molar-refractivity contribution in [2.24, 2.45) is 5.10 Å². The van der Waals surface area contributed by atoms with Crippen LogP contribution in [0.3, 0.4) is 0 Å². The predicted molar refractivity (Wildman–Crippen MR) is 71.4 cm³/mol. The monoisotopic (exact) mass is 277 g/mol. The molecule has 19 heavy (non-hydrogen) atoms. The van der Waals surface area contributed by atoms with Crippen molar-refractivity contribution < 1.29 is 4.92 Å². The zero-order chi connectivity index (χ0) is 13.7. The molecule has 7 nitrogen and oxygen atoms in total. The van der Waals surface area contributed by atoms with E-state index in [2.05, 4.69) is 20.7 Å². The fourth-order valence-corrected chi connectivity index (χ4v) is 1.41. The number of hydrogen-bond acceptors (Lipinski definition) is 6. The van der Waals surface area contributed by atoms with Gasteiger partial charge in [0.1, 0.15) is 0 Å². The summed E-state index contributed by atoms with van der Waals surface area (Å²) < 4.78 is 0. The molecule has 1 aromatic carbocycles. The van der Waals surface area contributed by atoms with Crippen LogP contribution in [0.2, 0.25) is 5.15 Å². The number of para-hydroxylation sites is 1. The van der Waals surface area contributed by atoms with E-state index in [0.29, 0.717) is 11.4 Å². The minimum Gasteiger partial charge on any atom is -0.260 e. The molecular formula is C11H8ClN5O2. The Balaban J connectivity index is 2.11. The highest BCUT2D eigenvalue weighted by molar-refractivity contribution is 6.29. The molecule has 0 saturated carbocycles. The Labute approximate surface area is 113 Å². The lowest BCUT2D eigenvalue weighted by Gasteiger charge is -1.98. The van der Waals surface area contributed by atoms with E-state index in [1.165, 1.54) is 12.3 Å². The maximum Gasteiger partial charge on any atom is 0.278 e. The topological polar surface area (TPSA) is 93.3 Å². The molecule has 0 aliphatic rings. The molecule has 1 aromatic heterocycles. The summed E-state index contributed by atoms with van der Waals surface area (Å²) in [6.07, 6.45) is 1.34. The molecule has 0 atom stereocenters. The molecule has 1 N–H and O–H groups in total. The van der Waals surface area contributed by atoms with Gasteiger partial charge in [0.15, 0.2) is 11.0 Å². The number of nitro benzene ring substituents is 1. The lowest BCUT2D eigenvalue weighted by atomic mass is 10.2. The number of hydrogen-bond donors (Lipinski definition) is 1. The summed E-state index contributed by atoms with van der Waals surface area (Å²) in [6.45, 7) is 0. The van der Waals surface area contributed by atoms with Gasteiger partial charge in [-0.3, -0.25) is 15.5 Å². The van der Waals surface area contributed by atoms with Gasteiger partial charge in [-0.25, -0.2) is 0 Å². The number of halogens is 1. The fourth-order valence-electron chi connectivity index (χ4n) is 1.31. The van der Waals surface area contributed by atoms with Gasteiger partial charge in [0, 0.05) is 6.07 Å². The van der Waals surface area contributed by atoms with Crippen molar-refractivity contribution in [2.45, 2.75) is 0 Å². The molecule has 0 aliphatic heterocycles. The van der Waals surface area contributed by atoms with Gasteiger partial charge in [-0.1, -0.05) is 23.7 Å². The highest BCUT2D eigenvalue weighted by atomic mass is 35.5. The number of hydrazone groups is 1. The molecule has 1 heterocycles. The highest BCUT2D eigenvalue weighted by Crippen LogP contribution is 2.15. The Bertz CT molecular complexity index is 615. The summed E-state index contributed by atoms with van der Waals surface area (Å²) in [5.74, 6) is 0.388. The van der Waals surface area contributed by atoms with Gasteiger partial charge in [0.2, 0.25) is 0 Å². The summed E-state index contributed by atoms with van der Waals surface area (Å²) in [6, 6.07) is 9.42. The van der Waals surface area contributed by atoms with Gasteiger partial charge in [-0.15, -0.1) is 10.2 Å². The maximum atomic E-state index is 10.8. The Hall–Kier alpha value is -2.54. The van der Waals surface area contributed by atoms with Crippen LogP contribution in [0.15, 0.2) is 41.5 Å². The Kier molecular flexibility index (Phi) is 3.99. The zero-order valence-electron chi connectivity index (χ0n) is 9.52. The van der Waals surface area contributed by atoms with Crippen LogP contribution >= 0.6 is 11.6 Å². The third-order valence-corrected chi connectivity index (χ3v) is 2.35. The quantitative estimate of drug-likeness (QED) is 0.526. The number of nitro groups is 1. The zero-order valence-corrected chi connectivity index (χ0v) is 10.3. The molecule has 0 spiro atoms. The standard InChI is InChI=1S/C11H8ClN5O2/c12-10-5-6-11(16-14-10)15-13-7-8-3-1-2-4-9(8)17(18)19/h1-7H,(H,15,16)/b13-7+. The van der Waals surface area contributed by atoms with Gasteiger partial charge < -0.3 is 0 Å². The number of nitrogens with zero attached hydrogens (tertiary/aromatic N) is 4. The third-order valence-electron chi connectivity index (χ3n) is 2.15. The maximum absolute atomic E-state index is 10.8. The number of rotatable bonds is 4. The van der Waals surface area contributed by atoms with E-state index < -0.39 is 4.92 Å². The van der Waals surface area contributed by atoms with E-state index >= 15 is 0 Å². The molecule has 2 rings (SSSR count). The van der Waals surface area contributed by atoms with Gasteiger partial charge in [-0.05, 0) is 18.2 Å². The molecule has 96 valence electrons. The van der Waals surface area contributed by atoms with Crippen LogP contribution in [-0.2, 0) is 0 Å². The lowest BCUT2D eigenvalue weighted by molar-refractivity contribution is -0.385. The van der Waals surface area contributed by atoms with E-state index in [1.54, 1.807) is 30.3 Å². The molecule has 0 fully saturated rings. The first-order chi connectivity index (χ1) is 9.16. The summed E-state index contributed by atoms with van der Waals surface area (Å²) in [5.41, 5.74) is 2.97. The average molecular weight is 278 g/mol. The summed E-state index contributed by atoms with van der Waals surface area (Å²) in [7, 11) is 0. The average Bonchev–Trinajstić information content (AvgIpc) is 2.41. The highest BCUT2D eigenvalue weighted by Gasteiger charge is 2.09. The van der Waals surface area contributed by atoms with Crippen LogP contribution in [0, 0.1) is 10.1 Å². The van der Waals surface area contributed by atoms with Gasteiger partial charge in [0.25, 0.3) is 5.69 Å². The minimum atomic E-state index is -0.469. The molecule has 8 heteroatoms. The number of nitrogens with one attached hydrogen (secondary N) is 1. The second-order valence-electron chi connectivity index (χ2n) is 3.43. The fraction of sp³-hybridized carbons (Fsp3) is 0. The van der Waals surface area contributed by atoms with Crippen LogP contribution in [0.1, 0.15) is 5.56 Å². The molecule has 0 radical (unpaired) electrons. The molecule has 0 amide bonds. The Morgan fingerprint density at radius 1 is 1.26 bits per heavy atom. The van der Waals surface area contributed by atoms with E-state index in [0.717, 1.165) is 0 Å². The van der Waals surface area contributed by atoms with Crippen molar-refractivity contribution >= 4 is 29.3 Å². The number of benzene rings is 1. The van der Waals surface area contributed by atoms with E-state index in [4.69, 9.17) is 11.6 Å². The van der Waals surface area contributed by atoms with Crippen molar-refractivity contribution in [1.29, 1.82) is 0 Å². The minimum absolute atomic E-state index is 0.0183. The SMILES string of the molecule is O=[N+]([O-])c1ccccc1/C=N/Nc1ccc(Cl)nn1. The predicted octanol–water partition coefficient (Wildman–Crippen LogP) is 2.48. The molecule has 0 saturated heterocycles. The van der Waals surface area contributed by atoms with Gasteiger partial charge >= 0.3 is 0 Å². The van der Waals surface area contributed by atoms with Crippen molar-refractivity contribution in [3.05, 3.63) is 57.2 Å². The lowest BCUT2D eigenvalue weighted by Crippen LogP contribution is -1.97. The molecule has 0 aliphatic carbocycles. The third kappa shape index (κ3) is 3.46. The molecule has 2 aromatic rings. The van der Waals surface area contributed by atoms with Crippen LogP contribution in [0.4, 0.5) is 11.5 Å². The first-order valence-electron chi connectivity index (χ1n) is 5.18. The van der Waals surface area contributed by atoms with Gasteiger partial charge in [-0.2, -0.15) is 5.10 Å². The van der Waals surface area contributed by atoms with Crippen molar-refractivity contribution in [2.75, 3.05) is 5.43 Å². The van der Waals surface area contributed by atoms with E-state index in [9.17, 15) is 10.1 Å². The second-order valence-corrected chi connectivity index (χ2v) is 3.81. The molecule has 0 unspecified atom stereocenters. The number of aromatic nitrogens is 2.